The van der Waals surface area contributed by atoms with Crippen LogP contribution >= 0.6 is 11.6 Å². The number of rotatable bonds is 4. The Morgan fingerprint density at radius 2 is 2.00 bits per heavy atom. The van der Waals surface area contributed by atoms with Crippen molar-refractivity contribution in [3.63, 3.8) is 0 Å². The standard InChI is InChI=1S/C18H20ClF3N4O2/c1-2-28-16(27)13-9-3-5-10(6-4-9)14(13)23-15-12-7-11(18(20,21)22)8-26(12)25-17(19)24-15/h7-10,13-14H,2-6H2,1H3,(H,23,24,25)/t9?,10?,13-,14-/m1/s1. The molecule has 2 aromatic rings. The molecule has 5 rings (SSSR count). The molecule has 0 unspecified atom stereocenters. The fraction of sp³-hybridized carbons (Fsp3) is 0.611. The van der Waals surface area contributed by atoms with Crippen molar-refractivity contribution in [1.29, 1.82) is 0 Å². The number of anilines is 1. The molecule has 1 N–H and O–H groups in total. The van der Waals surface area contributed by atoms with E-state index in [4.69, 9.17) is 16.3 Å². The molecule has 2 atom stereocenters. The van der Waals surface area contributed by atoms with Gasteiger partial charge in [0.2, 0.25) is 5.28 Å². The minimum Gasteiger partial charge on any atom is -0.466 e. The minimum absolute atomic E-state index is 0.167. The van der Waals surface area contributed by atoms with Crippen LogP contribution in [0.3, 0.4) is 0 Å². The molecule has 0 amide bonds. The SMILES string of the molecule is CCOC(=O)[C@@H]1C2CCC(CC2)[C@H]1Nc1nc(Cl)nn2cc(C(F)(F)F)cc12. The number of hydrogen-bond donors (Lipinski definition) is 1. The van der Waals surface area contributed by atoms with Crippen LogP contribution in [0.2, 0.25) is 5.28 Å². The predicted molar refractivity (Wildman–Crippen MR) is 96.0 cm³/mol. The number of nitrogens with zero attached hydrogens (tertiary/aromatic N) is 3. The van der Waals surface area contributed by atoms with Crippen molar-refractivity contribution in [3.05, 3.63) is 23.1 Å². The van der Waals surface area contributed by atoms with Gasteiger partial charge >= 0.3 is 12.1 Å². The zero-order valence-electron chi connectivity index (χ0n) is 15.2. The smallest absolute Gasteiger partial charge is 0.417 e. The number of hydrogen-bond acceptors (Lipinski definition) is 5. The maximum Gasteiger partial charge on any atom is 0.417 e. The molecular weight excluding hydrogens is 397 g/mol. The number of ether oxygens (including phenoxy) is 1. The van der Waals surface area contributed by atoms with E-state index < -0.39 is 11.7 Å². The summed E-state index contributed by atoms with van der Waals surface area (Å²) < 4.78 is 45.7. The second kappa shape index (κ2) is 7.09. The summed E-state index contributed by atoms with van der Waals surface area (Å²) in [6.07, 6.45) is 0.203. The highest BCUT2D eigenvalue weighted by Crippen LogP contribution is 2.47. The van der Waals surface area contributed by atoms with E-state index in [1.54, 1.807) is 6.92 Å². The zero-order valence-corrected chi connectivity index (χ0v) is 15.9. The van der Waals surface area contributed by atoms with Gasteiger partial charge in [-0.15, -0.1) is 5.10 Å². The summed E-state index contributed by atoms with van der Waals surface area (Å²) in [7, 11) is 0. The Hall–Kier alpha value is -2.03. The quantitative estimate of drug-likeness (QED) is 0.757. The van der Waals surface area contributed by atoms with E-state index in [-0.39, 0.29) is 53.0 Å². The Morgan fingerprint density at radius 1 is 1.32 bits per heavy atom. The maximum atomic E-state index is 13.1. The molecule has 0 spiro atoms. The van der Waals surface area contributed by atoms with Crippen LogP contribution in [-0.2, 0) is 15.7 Å². The Balaban J connectivity index is 1.71. The molecule has 6 nitrogen and oxygen atoms in total. The highest BCUT2D eigenvalue weighted by Gasteiger charge is 2.48. The summed E-state index contributed by atoms with van der Waals surface area (Å²) in [5, 5.41) is 6.89. The number of fused-ring (bicyclic) bond motifs is 4. The molecule has 10 heteroatoms. The lowest BCUT2D eigenvalue weighted by Crippen LogP contribution is -2.52. The van der Waals surface area contributed by atoms with E-state index in [9.17, 15) is 18.0 Å². The highest BCUT2D eigenvalue weighted by atomic mass is 35.5. The van der Waals surface area contributed by atoms with Crippen LogP contribution in [0.1, 0.15) is 38.2 Å². The van der Waals surface area contributed by atoms with Crippen LogP contribution in [-0.4, -0.2) is 33.2 Å². The van der Waals surface area contributed by atoms with Crippen molar-refractivity contribution in [2.45, 2.75) is 44.8 Å². The normalized spacial score (nSPS) is 27.2. The number of carbonyl (C=O) groups is 1. The van der Waals surface area contributed by atoms with Gasteiger partial charge in [-0.2, -0.15) is 18.2 Å². The van der Waals surface area contributed by atoms with Gasteiger partial charge in [-0.25, -0.2) is 4.52 Å². The van der Waals surface area contributed by atoms with Gasteiger partial charge in [-0.1, -0.05) is 0 Å². The number of esters is 1. The first-order valence-electron chi connectivity index (χ1n) is 9.34. The lowest BCUT2D eigenvalue weighted by Gasteiger charge is -2.47. The van der Waals surface area contributed by atoms with Gasteiger partial charge in [0.1, 0.15) is 5.52 Å². The Morgan fingerprint density at radius 3 is 2.64 bits per heavy atom. The Kier molecular flexibility index (Phi) is 4.89. The summed E-state index contributed by atoms with van der Waals surface area (Å²) in [5.74, 6) is 0.00946. The van der Waals surface area contributed by atoms with Crippen LogP contribution < -0.4 is 5.32 Å². The second-order valence-electron chi connectivity index (χ2n) is 7.41. The van der Waals surface area contributed by atoms with Crippen molar-refractivity contribution in [2.24, 2.45) is 17.8 Å². The molecule has 3 saturated carbocycles. The van der Waals surface area contributed by atoms with Crippen molar-refractivity contribution in [3.8, 4) is 0 Å². The van der Waals surface area contributed by atoms with Crippen molar-refractivity contribution in [2.75, 3.05) is 11.9 Å². The van der Waals surface area contributed by atoms with Crippen LogP contribution in [0.15, 0.2) is 12.3 Å². The van der Waals surface area contributed by atoms with E-state index in [2.05, 4.69) is 15.4 Å². The van der Waals surface area contributed by atoms with Crippen molar-refractivity contribution < 1.29 is 22.7 Å². The molecule has 3 aliphatic rings. The van der Waals surface area contributed by atoms with Crippen LogP contribution in [0, 0.1) is 17.8 Å². The predicted octanol–water partition coefficient (Wildman–Crippen LogP) is 4.18. The maximum absolute atomic E-state index is 13.1. The summed E-state index contributed by atoms with van der Waals surface area (Å²) >= 11 is 5.94. The first-order chi connectivity index (χ1) is 13.3. The Labute approximate surface area is 164 Å². The molecule has 0 radical (unpaired) electrons. The fourth-order valence-corrected chi connectivity index (χ4v) is 4.79. The van der Waals surface area contributed by atoms with E-state index >= 15 is 0 Å². The molecule has 2 bridgehead atoms. The third kappa shape index (κ3) is 3.40. The van der Waals surface area contributed by atoms with Gasteiger partial charge in [-0.3, -0.25) is 4.79 Å². The van der Waals surface area contributed by atoms with Gasteiger partial charge in [0.25, 0.3) is 0 Å². The monoisotopic (exact) mass is 416 g/mol. The first kappa shape index (κ1) is 19.3. The van der Waals surface area contributed by atoms with Crippen LogP contribution in [0.5, 0.6) is 0 Å². The second-order valence-corrected chi connectivity index (χ2v) is 7.75. The van der Waals surface area contributed by atoms with E-state index in [1.807, 2.05) is 0 Å². The third-order valence-corrected chi connectivity index (χ3v) is 6.01. The minimum atomic E-state index is -4.51. The van der Waals surface area contributed by atoms with Crippen molar-refractivity contribution in [1.82, 2.24) is 14.6 Å². The lowest BCUT2D eigenvalue weighted by molar-refractivity contribution is -0.154. The van der Waals surface area contributed by atoms with E-state index in [0.29, 0.717) is 0 Å². The number of halogens is 4. The van der Waals surface area contributed by atoms with Crippen molar-refractivity contribution >= 4 is 28.9 Å². The number of nitrogens with one attached hydrogen (secondary N) is 1. The van der Waals surface area contributed by atoms with Gasteiger partial charge < -0.3 is 10.1 Å². The van der Waals surface area contributed by atoms with Gasteiger partial charge in [-0.05, 0) is 62.1 Å². The summed E-state index contributed by atoms with van der Waals surface area (Å²) in [6, 6.07) is 0.726. The molecule has 28 heavy (non-hydrogen) atoms. The van der Waals surface area contributed by atoms with E-state index in [0.717, 1.165) is 42.5 Å². The van der Waals surface area contributed by atoms with Gasteiger partial charge in [0.05, 0.1) is 18.1 Å². The van der Waals surface area contributed by atoms with Gasteiger partial charge in [0, 0.05) is 12.2 Å². The molecule has 0 aromatic carbocycles. The highest BCUT2D eigenvalue weighted by molar-refractivity contribution is 6.28. The molecule has 3 aliphatic carbocycles. The summed E-state index contributed by atoms with van der Waals surface area (Å²) in [6.45, 7) is 2.05. The average Bonchev–Trinajstić information content (AvgIpc) is 3.07. The molecule has 152 valence electrons. The molecule has 0 saturated heterocycles. The molecule has 0 aliphatic heterocycles. The first-order valence-corrected chi connectivity index (χ1v) is 9.72. The topological polar surface area (TPSA) is 68.5 Å². The van der Waals surface area contributed by atoms with Crippen LogP contribution in [0.4, 0.5) is 19.0 Å². The molecule has 3 fully saturated rings. The average molecular weight is 417 g/mol. The largest absolute Gasteiger partial charge is 0.466 e. The summed E-state index contributed by atoms with van der Waals surface area (Å²) in [5.41, 5.74) is -0.667. The molecular formula is C18H20ClF3N4O2. The van der Waals surface area contributed by atoms with E-state index in [1.165, 1.54) is 0 Å². The lowest BCUT2D eigenvalue weighted by atomic mass is 9.61. The molecule has 2 aromatic heterocycles. The summed E-state index contributed by atoms with van der Waals surface area (Å²) in [4.78, 5) is 16.7. The molecule has 2 heterocycles. The number of aromatic nitrogens is 3. The third-order valence-electron chi connectivity index (χ3n) is 5.85. The van der Waals surface area contributed by atoms with Crippen LogP contribution in [0.25, 0.3) is 5.52 Å². The number of alkyl halides is 3. The number of carbonyl (C=O) groups excluding carboxylic acids is 1. The Bertz CT molecular complexity index is 893. The zero-order chi connectivity index (χ0) is 20.1. The fourth-order valence-electron chi connectivity index (χ4n) is 4.63. The van der Waals surface area contributed by atoms with Gasteiger partial charge in [0.15, 0.2) is 5.82 Å².